The molecule has 2 fully saturated rings. The summed E-state index contributed by atoms with van der Waals surface area (Å²) in [5.74, 6) is 0.544. The van der Waals surface area contributed by atoms with E-state index in [1.807, 2.05) is 6.07 Å². The van der Waals surface area contributed by atoms with Crippen LogP contribution < -0.4 is 15.4 Å². The third-order valence-electron chi connectivity index (χ3n) is 11.0. The zero-order valence-corrected chi connectivity index (χ0v) is 37.9. The highest BCUT2D eigenvalue weighted by molar-refractivity contribution is 7.93. The number of carbonyl (C=O) groups excluding carboxylic acids is 2. The van der Waals surface area contributed by atoms with Crippen molar-refractivity contribution in [3.63, 3.8) is 0 Å². The maximum Gasteiger partial charge on any atom is 0.323 e. The number of benzene rings is 1. The van der Waals surface area contributed by atoms with Crippen LogP contribution in [0.4, 0.5) is 10.6 Å². The fourth-order valence-corrected chi connectivity index (χ4v) is 11.7. The average molecular weight is 941 g/mol. The molecule has 1 aromatic carbocycles. The Labute approximate surface area is 372 Å². The van der Waals surface area contributed by atoms with Crippen molar-refractivity contribution in [2.24, 2.45) is 25.9 Å². The van der Waals surface area contributed by atoms with Crippen molar-refractivity contribution in [1.29, 1.82) is 0 Å². The SMILES string of the molecule is C.Cn1cc(S(=O)(=O)C(C)(C)C2CCN(C(=O)Nc3ccon3)CC2)c(Cl)n1.Cn1cc(S(=O)(=O)C(C)(C)C2CCNCC2)c(Cl)n1.O=C(Cc1ccon1)Oc1ccccc1. The molecule has 0 radical (unpaired) electrons. The number of sulfone groups is 2. The Morgan fingerprint density at radius 2 is 1.29 bits per heavy atom. The summed E-state index contributed by atoms with van der Waals surface area (Å²) in [4.78, 5) is 25.5. The molecule has 6 heterocycles. The van der Waals surface area contributed by atoms with E-state index in [1.165, 1.54) is 34.3 Å². The summed E-state index contributed by atoms with van der Waals surface area (Å²) in [6.07, 6.45) is 8.69. The molecule has 0 atom stereocenters. The van der Waals surface area contributed by atoms with Gasteiger partial charge in [-0.2, -0.15) is 10.2 Å². The number of para-hydroxylation sites is 1. The Balaban J connectivity index is 0.000000212. The Bertz CT molecular complexity index is 2430. The lowest BCUT2D eigenvalue weighted by Gasteiger charge is -2.39. The minimum atomic E-state index is -3.68. The maximum absolute atomic E-state index is 13.2. The molecular formula is C40H55Cl2N9O9S2. The van der Waals surface area contributed by atoms with Crippen molar-refractivity contribution in [1.82, 2.24) is 40.1 Å². The lowest BCUT2D eigenvalue weighted by molar-refractivity contribution is -0.133. The van der Waals surface area contributed by atoms with Crippen LogP contribution in [0, 0.1) is 11.8 Å². The predicted octanol–water partition coefficient (Wildman–Crippen LogP) is 6.64. The molecule has 340 valence electrons. The van der Waals surface area contributed by atoms with Crippen molar-refractivity contribution in [3.8, 4) is 5.75 Å². The first-order valence-corrected chi connectivity index (χ1v) is 23.2. The molecule has 0 aliphatic carbocycles. The van der Waals surface area contributed by atoms with E-state index in [-0.39, 0.29) is 57.8 Å². The van der Waals surface area contributed by atoms with Gasteiger partial charge in [0.15, 0.2) is 35.8 Å². The summed E-state index contributed by atoms with van der Waals surface area (Å²) < 4.78 is 67.3. The smallest absolute Gasteiger partial charge is 0.323 e. The van der Waals surface area contributed by atoms with Gasteiger partial charge in [-0.3, -0.25) is 19.5 Å². The zero-order valence-electron chi connectivity index (χ0n) is 34.7. The molecule has 7 rings (SSSR count). The van der Waals surface area contributed by atoms with Gasteiger partial charge in [0, 0.05) is 51.7 Å². The van der Waals surface area contributed by atoms with E-state index < -0.39 is 29.2 Å². The second kappa shape index (κ2) is 21.1. The second-order valence-electron chi connectivity index (χ2n) is 15.7. The van der Waals surface area contributed by atoms with Gasteiger partial charge in [0.05, 0.1) is 21.6 Å². The lowest BCUT2D eigenvalue weighted by atomic mass is 9.86. The van der Waals surface area contributed by atoms with Gasteiger partial charge in [-0.1, -0.05) is 59.1 Å². The van der Waals surface area contributed by atoms with Crippen molar-refractivity contribution in [3.05, 3.63) is 83.4 Å². The topological polar surface area (TPSA) is 227 Å². The van der Waals surface area contributed by atoms with Crippen LogP contribution in [0.2, 0.25) is 10.3 Å². The number of esters is 1. The number of anilines is 1. The number of piperidine rings is 2. The highest BCUT2D eigenvalue weighted by Gasteiger charge is 2.46. The molecule has 2 aliphatic rings. The summed E-state index contributed by atoms with van der Waals surface area (Å²) in [5.41, 5.74) is 0.566. The van der Waals surface area contributed by atoms with Crippen molar-refractivity contribution < 1.29 is 40.2 Å². The van der Waals surface area contributed by atoms with Crippen LogP contribution in [-0.2, 0) is 45.0 Å². The van der Waals surface area contributed by atoms with E-state index in [2.05, 4.69) is 40.2 Å². The van der Waals surface area contributed by atoms with E-state index in [1.54, 1.807) is 83.1 Å². The zero-order chi connectivity index (χ0) is 44.6. The van der Waals surface area contributed by atoms with Gasteiger partial charge in [0.25, 0.3) is 0 Å². The second-order valence-corrected chi connectivity index (χ2v) is 21.4. The van der Waals surface area contributed by atoms with Gasteiger partial charge < -0.3 is 24.0 Å². The fourth-order valence-electron chi connectivity index (χ4n) is 7.14. The minimum Gasteiger partial charge on any atom is -0.426 e. The highest BCUT2D eigenvalue weighted by Crippen LogP contribution is 2.40. The fraction of sp³-hybridized carbons (Fsp3) is 0.500. The molecule has 0 unspecified atom stereocenters. The highest BCUT2D eigenvalue weighted by atomic mass is 35.5. The number of rotatable bonds is 10. The van der Waals surface area contributed by atoms with E-state index >= 15 is 0 Å². The number of ether oxygens (including phenoxy) is 1. The lowest BCUT2D eigenvalue weighted by Crippen LogP contribution is -2.48. The normalized spacial score (nSPS) is 15.3. The largest absolute Gasteiger partial charge is 0.426 e. The van der Waals surface area contributed by atoms with Crippen LogP contribution in [-0.4, -0.2) is 99.3 Å². The minimum absolute atomic E-state index is 0. The van der Waals surface area contributed by atoms with Gasteiger partial charge in [-0.25, -0.2) is 21.6 Å². The molecule has 0 saturated carbocycles. The number of hydrogen-bond donors (Lipinski definition) is 2. The number of aryl methyl sites for hydroxylation is 2. The molecule has 4 aromatic heterocycles. The number of nitrogens with zero attached hydrogens (tertiary/aromatic N) is 7. The van der Waals surface area contributed by atoms with Crippen molar-refractivity contribution >= 4 is 60.7 Å². The number of hydrogen-bond acceptors (Lipinski definition) is 14. The summed E-state index contributed by atoms with van der Waals surface area (Å²) in [6.45, 7) is 9.64. The first-order valence-electron chi connectivity index (χ1n) is 19.4. The third kappa shape index (κ3) is 11.8. The van der Waals surface area contributed by atoms with E-state index in [4.69, 9.17) is 27.9 Å². The standard InChI is InChI=1S/C16H22ClN5O4S.C12H20ClN3O2S.C11H9NO3.CH4/c1-16(2,27(24,25)12-10-21(3)19-14(12)17)11-4-7-22(8-5-11)15(23)18-13-6-9-26-20-13;1-12(2,9-4-6-14-7-5-9)19(17,18)10-8-16(3)15-11(10)13;13-11(8-9-6-7-14-12-9)15-10-4-2-1-3-5-10;/h6,9-11H,4-5,7-8H2,1-3H3,(H,18,20,23);8-9,14H,4-7H2,1-3H3;1-7H,8H2;1H4. The first kappa shape index (κ1) is 49.9. The van der Waals surface area contributed by atoms with Crippen LogP contribution in [0.15, 0.2) is 86.2 Å². The number of likely N-dealkylation sites (tertiary alicyclic amines) is 1. The average Bonchev–Trinajstić information content (AvgIpc) is 4.06. The van der Waals surface area contributed by atoms with Gasteiger partial charge in [0.2, 0.25) is 0 Å². The van der Waals surface area contributed by atoms with Crippen molar-refractivity contribution in [2.45, 2.75) is 86.5 Å². The Kier molecular flexibility index (Phi) is 17.0. The maximum atomic E-state index is 13.2. The van der Waals surface area contributed by atoms with Gasteiger partial charge in [0.1, 0.15) is 28.1 Å². The number of carbonyl (C=O) groups is 2. The molecular weight excluding hydrogens is 886 g/mol. The van der Waals surface area contributed by atoms with Gasteiger partial charge >= 0.3 is 12.0 Å². The summed E-state index contributed by atoms with van der Waals surface area (Å²) in [5, 5.41) is 21.1. The molecule has 62 heavy (non-hydrogen) atoms. The van der Waals surface area contributed by atoms with Crippen LogP contribution in [0.1, 0.15) is 66.5 Å². The molecule has 0 bridgehead atoms. The molecule has 0 spiro atoms. The molecule has 5 aromatic rings. The molecule has 22 heteroatoms. The molecule has 2 saturated heterocycles. The van der Waals surface area contributed by atoms with E-state index in [0.29, 0.717) is 43.2 Å². The van der Waals surface area contributed by atoms with Crippen LogP contribution in [0.25, 0.3) is 0 Å². The number of nitrogens with one attached hydrogen (secondary N) is 2. The molecule has 2 amide bonds. The molecule has 2 aliphatic heterocycles. The number of amides is 2. The summed E-state index contributed by atoms with van der Waals surface area (Å²) in [6, 6.07) is 11.8. The monoisotopic (exact) mass is 939 g/mol. The Hall–Kier alpha value is -4.76. The predicted molar refractivity (Wildman–Crippen MR) is 233 cm³/mol. The first-order chi connectivity index (χ1) is 28.7. The summed E-state index contributed by atoms with van der Waals surface area (Å²) >= 11 is 12.0. The Morgan fingerprint density at radius 3 is 1.74 bits per heavy atom. The molecule has 2 N–H and O–H groups in total. The number of urea groups is 1. The van der Waals surface area contributed by atoms with Crippen LogP contribution in [0.5, 0.6) is 5.75 Å². The van der Waals surface area contributed by atoms with Crippen LogP contribution in [0.3, 0.4) is 0 Å². The number of aromatic nitrogens is 6. The van der Waals surface area contributed by atoms with Crippen molar-refractivity contribution in [2.75, 3.05) is 31.5 Å². The number of halogens is 2. The van der Waals surface area contributed by atoms with Gasteiger partial charge in [-0.15, -0.1) is 0 Å². The van der Waals surface area contributed by atoms with E-state index in [9.17, 15) is 26.4 Å². The summed E-state index contributed by atoms with van der Waals surface area (Å²) in [7, 11) is -3.88. The third-order valence-corrected chi connectivity index (χ3v) is 17.0. The van der Waals surface area contributed by atoms with Crippen LogP contribution >= 0.6 is 23.2 Å². The quantitative estimate of drug-likeness (QED) is 0.111. The molecule has 18 nitrogen and oxygen atoms in total. The van der Waals surface area contributed by atoms with Gasteiger partial charge in [-0.05, 0) is 90.4 Å². The van der Waals surface area contributed by atoms with E-state index in [0.717, 1.165) is 25.9 Å². The Morgan fingerprint density at radius 1 is 0.790 bits per heavy atom.